The van der Waals surface area contributed by atoms with E-state index in [1.165, 1.54) is 32.3 Å². The Morgan fingerprint density at radius 2 is 1.92 bits per heavy atom. The first-order chi connectivity index (χ1) is 5.94. The standard InChI is InChI=1S/C8H11N2O2S/c1-10(2)13(11,12)8-5-3-4-7(9)6-8/h3-6,9H,1-2H3. The van der Waals surface area contributed by atoms with Gasteiger partial charge in [-0.2, -0.15) is 0 Å². The van der Waals surface area contributed by atoms with Gasteiger partial charge in [-0.15, -0.1) is 0 Å². The highest BCUT2D eigenvalue weighted by molar-refractivity contribution is 7.89. The summed E-state index contributed by atoms with van der Waals surface area (Å²) < 4.78 is 24.2. The van der Waals surface area contributed by atoms with Crippen molar-refractivity contribution in [3.8, 4) is 0 Å². The van der Waals surface area contributed by atoms with Crippen LogP contribution in [0.3, 0.4) is 0 Å². The minimum absolute atomic E-state index is 0.157. The van der Waals surface area contributed by atoms with E-state index < -0.39 is 10.0 Å². The lowest BCUT2D eigenvalue weighted by Gasteiger charge is -2.10. The molecule has 0 aliphatic heterocycles. The predicted molar refractivity (Wildman–Crippen MR) is 50.1 cm³/mol. The zero-order chi connectivity index (χ0) is 10.1. The first-order valence-electron chi connectivity index (χ1n) is 3.69. The number of nitrogens with zero attached hydrogens (tertiary/aromatic N) is 1. The van der Waals surface area contributed by atoms with Crippen LogP contribution in [0, 0.1) is 0 Å². The third kappa shape index (κ3) is 1.99. The molecule has 0 fully saturated rings. The van der Waals surface area contributed by atoms with Gasteiger partial charge in [0.1, 0.15) is 0 Å². The van der Waals surface area contributed by atoms with Crippen LogP contribution in [0.1, 0.15) is 0 Å². The fourth-order valence-electron chi connectivity index (χ4n) is 0.867. The SMILES string of the molecule is CN(C)S(=O)(=O)c1cccc([NH])c1. The number of nitrogens with one attached hydrogen (secondary N) is 1. The second-order valence-corrected chi connectivity index (χ2v) is 4.97. The largest absolute Gasteiger partial charge is 0.301 e. The van der Waals surface area contributed by atoms with E-state index in [2.05, 4.69) is 0 Å². The topological polar surface area (TPSA) is 61.2 Å². The molecular weight excluding hydrogens is 188 g/mol. The van der Waals surface area contributed by atoms with Gasteiger partial charge in [-0.25, -0.2) is 12.7 Å². The number of benzene rings is 1. The van der Waals surface area contributed by atoms with E-state index in [1.54, 1.807) is 6.07 Å². The van der Waals surface area contributed by atoms with Crippen LogP contribution in [0.4, 0.5) is 5.69 Å². The van der Waals surface area contributed by atoms with E-state index in [9.17, 15) is 8.42 Å². The molecule has 0 spiro atoms. The predicted octanol–water partition coefficient (Wildman–Crippen LogP) is 0.851. The highest BCUT2D eigenvalue weighted by Crippen LogP contribution is 2.16. The minimum atomic E-state index is -3.39. The Kier molecular flexibility index (Phi) is 2.58. The molecule has 1 radical (unpaired) electrons. The molecule has 0 amide bonds. The van der Waals surface area contributed by atoms with Crippen molar-refractivity contribution in [3.05, 3.63) is 24.3 Å². The Balaban J connectivity index is 3.24. The van der Waals surface area contributed by atoms with Crippen molar-refractivity contribution in [2.75, 3.05) is 14.1 Å². The van der Waals surface area contributed by atoms with E-state index in [0.717, 1.165) is 4.31 Å². The lowest BCUT2D eigenvalue weighted by atomic mass is 10.3. The first kappa shape index (κ1) is 10.0. The Morgan fingerprint density at radius 1 is 1.31 bits per heavy atom. The van der Waals surface area contributed by atoms with Gasteiger partial charge in [-0.3, -0.25) is 0 Å². The number of rotatable bonds is 2. The van der Waals surface area contributed by atoms with Gasteiger partial charge in [-0.05, 0) is 18.2 Å². The summed E-state index contributed by atoms with van der Waals surface area (Å²) >= 11 is 0. The van der Waals surface area contributed by atoms with Gasteiger partial charge in [0.15, 0.2) is 0 Å². The zero-order valence-corrected chi connectivity index (χ0v) is 8.30. The highest BCUT2D eigenvalue weighted by atomic mass is 32.2. The maximum atomic E-state index is 11.5. The van der Waals surface area contributed by atoms with Crippen molar-refractivity contribution in [1.82, 2.24) is 10.0 Å². The van der Waals surface area contributed by atoms with Gasteiger partial charge in [0, 0.05) is 14.1 Å². The number of hydrogen-bond donors (Lipinski definition) is 0. The molecule has 1 aromatic carbocycles. The summed E-state index contributed by atoms with van der Waals surface area (Å²) in [6.45, 7) is 0. The van der Waals surface area contributed by atoms with Crippen molar-refractivity contribution in [2.24, 2.45) is 0 Å². The Morgan fingerprint density at radius 3 is 2.38 bits per heavy atom. The average Bonchev–Trinajstić information content (AvgIpc) is 2.04. The molecule has 13 heavy (non-hydrogen) atoms. The molecule has 0 saturated carbocycles. The van der Waals surface area contributed by atoms with Gasteiger partial charge in [0.05, 0.1) is 10.6 Å². The van der Waals surface area contributed by atoms with Crippen molar-refractivity contribution < 1.29 is 8.42 Å². The smallest absolute Gasteiger partial charge is 0.242 e. The van der Waals surface area contributed by atoms with Crippen LogP contribution in [-0.4, -0.2) is 26.8 Å². The lowest BCUT2D eigenvalue weighted by Crippen LogP contribution is -2.22. The van der Waals surface area contributed by atoms with Crippen LogP contribution in [0.15, 0.2) is 29.2 Å². The van der Waals surface area contributed by atoms with Crippen LogP contribution in [-0.2, 0) is 10.0 Å². The molecule has 1 aromatic rings. The van der Waals surface area contributed by atoms with Gasteiger partial charge < -0.3 is 5.73 Å². The fourth-order valence-corrected chi connectivity index (χ4v) is 1.82. The van der Waals surface area contributed by atoms with Gasteiger partial charge >= 0.3 is 0 Å². The third-order valence-electron chi connectivity index (χ3n) is 1.61. The van der Waals surface area contributed by atoms with Crippen molar-refractivity contribution in [1.29, 1.82) is 0 Å². The normalized spacial score (nSPS) is 11.9. The third-order valence-corrected chi connectivity index (χ3v) is 3.42. The molecule has 5 heteroatoms. The molecule has 71 valence electrons. The Labute approximate surface area is 78.0 Å². The van der Waals surface area contributed by atoms with Gasteiger partial charge in [-0.1, -0.05) is 6.07 Å². The molecule has 0 saturated heterocycles. The summed E-state index contributed by atoms with van der Waals surface area (Å²) in [5.41, 5.74) is 7.47. The van der Waals surface area contributed by atoms with Gasteiger partial charge in [0.2, 0.25) is 10.0 Å². The van der Waals surface area contributed by atoms with E-state index in [0.29, 0.717) is 0 Å². The van der Waals surface area contributed by atoms with Crippen molar-refractivity contribution >= 4 is 15.7 Å². The van der Waals surface area contributed by atoms with Gasteiger partial charge in [0.25, 0.3) is 0 Å². The molecule has 4 nitrogen and oxygen atoms in total. The lowest BCUT2D eigenvalue weighted by molar-refractivity contribution is 0.521. The summed E-state index contributed by atoms with van der Waals surface area (Å²) in [5.74, 6) is 0. The molecule has 1 N–H and O–H groups in total. The minimum Gasteiger partial charge on any atom is -0.301 e. The second kappa shape index (κ2) is 3.35. The summed E-state index contributed by atoms with van der Waals surface area (Å²) in [6, 6.07) is 5.90. The van der Waals surface area contributed by atoms with Crippen LogP contribution in [0.25, 0.3) is 0 Å². The van der Waals surface area contributed by atoms with Crippen LogP contribution < -0.4 is 5.73 Å². The Hall–Kier alpha value is -1.07. The maximum absolute atomic E-state index is 11.5. The molecule has 0 unspecified atom stereocenters. The molecule has 0 heterocycles. The first-order valence-corrected chi connectivity index (χ1v) is 5.13. The highest BCUT2D eigenvalue weighted by Gasteiger charge is 2.16. The molecule has 0 aromatic heterocycles. The summed E-state index contributed by atoms with van der Waals surface area (Å²) in [5, 5.41) is 0. The second-order valence-electron chi connectivity index (χ2n) is 2.82. The molecule has 1 rings (SSSR count). The molecule has 0 aliphatic carbocycles. The van der Waals surface area contributed by atoms with Crippen molar-refractivity contribution in [2.45, 2.75) is 4.90 Å². The maximum Gasteiger partial charge on any atom is 0.242 e. The Bertz CT molecular complexity index is 398. The average molecular weight is 199 g/mol. The number of sulfonamides is 1. The summed E-state index contributed by atoms with van der Waals surface area (Å²) in [6.07, 6.45) is 0. The summed E-state index contributed by atoms with van der Waals surface area (Å²) in [7, 11) is -0.458. The van der Waals surface area contributed by atoms with E-state index >= 15 is 0 Å². The molecule has 0 aliphatic rings. The van der Waals surface area contributed by atoms with E-state index in [4.69, 9.17) is 5.73 Å². The summed E-state index contributed by atoms with van der Waals surface area (Å²) in [4.78, 5) is 0.157. The fraction of sp³-hybridized carbons (Fsp3) is 0.250. The monoisotopic (exact) mass is 199 g/mol. The zero-order valence-electron chi connectivity index (χ0n) is 7.48. The molecule has 0 bridgehead atoms. The molecule has 0 atom stereocenters. The molecular formula is C8H11N2O2S. The van der Waals surface area contributed by atoms with Crippen LogP contribution >= 0.6 is 0 Å². The van der Waals surface area contributed by atoms with Crippen LogP contribution in [0.2, 0.25) is 0 Å². The number of hydrogen-bond acceptors (Lipinski definition) is 2. The quantitative estimate of drug-likeness (QED) is 0.709. The van der Waals surface area contributed by atoms with E-state index in [1.807, 2.05) is 0 Å². The van der Waals surface area contributed by atoms with Crippen LogP contribution in [0.5, 0.6) is 0 Å². The van der Waals surface area contributed by atoms with Crippen molar-refractivity contribution in [3.63, 3.8) is 0 Å². The van der Waals surface area contributed by atoms with E-state index in [-0.39, 0.29) is 10.6 Å².